The first-order chi connectivity index (χ1) is 8.83. The third-order valence-corrected chi connectivity index (χ3v) is 3.95. The molecule has 1 aromatic rings. The molecule has 1 amide bonds. The lowest BCUT2D eigenvalue weighted by Crippen LogP contribution is -2.31. The number of nitrogens with one attached hydrogen (secondary N) is 1. The molecule has 0 heterocycles. The Morgan fingerprint density at radius 2 is 2.11 bits per heavy atom. The van der Waals surface area contributed by atoms with Crippen LogP contribution >= 0.6 is 0 Å². The Morgan fingerprint density at radius 1 is 1.42 bits per heavy atom. The van der Waals surface area contributed by atoms with E-state index in [1.54, 1.807) is 0 Å². The first-order valence-corrected chi connectivity index (χ1v) is 6.37. The van der Waals surface area contributed by atoms with Crippen LogP contribution in [0.25, 0.3) is 0 Å². The Morgan fingerprint density at radius 3 is 2.68 bits per heavy atom. The summed E-state index contributed by atoms with van der Waals surface area (Å²) in [4.78, 5) is 12.2. The van der Waals surface area contributed by atoms with Crippen molar-refractivity contribution in [3.63, 3.8) is 0 Å². The molecule has 0 radical (unpaired) electrons. The topological polar surface area (TPSA) is 55.1 Å². The van der Waals surface area contributed by atoms with Gasteiger partial charge in [-0.05, 0) is 30.4 Å². The van der Waals surface area contributed by atoms with Crippen LogP contribution in [0, 0.1) is 23.0 Å². The second-order valence-electron chi connectivity index (χ2n) is 5.75. The zero-order valence-corrected chi connectivity index (χ0v) is 11.1. The molecule has 0 spiro atoms. The van der Waals surface area contributed by atoms with E-state index < -0.39 is 11.6 Å². The van der Waals surface area contributed by atoms with E-state index in [4.69, 9.17) is 5.73 Å². The van der Waals surface area contributed by atoms with Crippen molar-refractivity contribution in [2.45, 2.75) is 33.1 Å². The average Bonchev–Trinajstić information content (AvgIpc) is 2.69. The minimum Gasteiger partial charge on any atom is -0.397 e. The third-order valence-electron chi connectivity index (χ3n) is 3.95. The maximum Gasteiger partial charge on any atom is 0.228 e. The first kappa shape index (κ1) is 13.8. The van der Waals surface area contributed by atoms with Gasteiger partial charge in [-0.2, -0.15) is 0 Å². The summed E-state index contributed by atoms with van der Waals surface area (Å²) in [5, 5.41) is 2.44. The molecule has 1 aliphatic carbocycles. The normalized spacial score (nSPS) is 21.4. The van der Waals surface area contributed by atoms with Crippen LogP contribution in [0.2, 0.25) is 0 Å². The van der Waals surface area contributed by atoms with Crippen LogP contribution in [-0.2, 0) is 4.79 Å². The largest absolute Gasteiger partial charge is 0.397 e. The van der Waals surface area contributed by atoms with E-state index in [9.17, 15) is 13.6 Å². The van der Waals surface area contributed by atoms with Gasteiger partial charge in [-0.3, -0.25) is 4.79 Å². The van der Waals surface area contributed by atoms with Crippen LogP contribution in [0.1, 0.15) is 33.1 Å². The average molecular weight is 268 g/mol. The summed E-state index contributed by atoms with van der Waals surface area (Å²) in [5.74, 6) is -2.62. The van der Waals surface area contributed by atoms with Gasteiger partial charge in [-0.1, -0.05) is 20.3 Å². The van der Waals surface area contributed by atoms with Crippen molar-refractivity contribution >= 4 is 17.3 Å². The van der Waals surface area contributed by atoms with Gasteiger partial charge in [0.1, 0.15) is 5.69 Å². The Labute approximate surface area is 111 Å². The summed E-state index contributed by atoms with van der Waals surface area (Å²) in [7, 11) is 0. The van der Waals surface area contributed by atoms with Gasteiger partial charge in [0.25, 0.3) is 0 Å². The molecule has 0 saturated heterocycles. The van der Waals surface area contributed by atoms with Gasteiger partial charge >= 0.3 is 0 Å². The standard InChI is InChI=1S/C14H18F2N2O/c1-14(2)7-3-4-8(14)13(19)18-12-10(17)6-5-9(15)11(12)16/h5-6,8H,3-4,7,17H2,1-2H3,(H,18,19). The molecule has 19 heavy (non-hydrogen) atoms. The van der Waals surface area contributed by atoms with E-state index in [2.05, 4.69) is 5.32 Å². The van der Waals surface area contributed by atoms with Crippen molar-refractivity contribution < 1.29 is 13.6 Å². The van der Waals surface area contributed by atoms with Crippen LogP contribution in [0.3, 0.4) is 0 Å². The molecule has 1 fully saturated rings. The van der Waals surface area contributed by atoms with E-state index in [-0.39, 0.29) is 28.6 Å². The molecule has 0 aliphatic heterocycles. The fourth-order valence-electron chi connectivity index (χ4n) is 2.72. The Bertz CT molecular complexity index is 514. The third kappa shape index (κ3) is 2.55. The quantitative estimate of drug-likeness (QED) is 0.808. The predicted molar refractivity (Wildman–Crippen MR) is 70.5 cm³/mol. The first-order valence-electron chi connectivity index (χ1n) is 6.37. The van der Waals surface area contributed by atoms with Crippen molar-refractivity contribution in [1.29, 1.82) is 0 Å². The maximum atomic E-state index is 13.6. The Balaban J connectivity index is 2.23. The molecule has 1 aromatic carbocycles. The number of benzene rings is 1. The number of hydrogen-bond acceptors (Lipinski definition) is 2. The summed E-state index contributed by atoms with van der Waals surface area (Å²) < 4.78 is 26.8. The number of nitrogen functional groups attached to an aromatic ring is 1. The van der Waals surface area contributed by atoms with Crippen molar-refractivity contribution in [3.05, 3.63) is 23.8 Å². The number of halogens is 2. The Kier molecular flexibility index (Phi) is 3.47. The van der Waals surface area contributed by atoms with E-state index in [1.807, 2.05) is 13.8 Å². The second-order valence-corrected chi connectivity index (χ2v) is 5.75. The molecule has 1 aliphatic rings. The highest BCUT2D eigenvalue weighted by Crippen LogP contribution is 2.43. The number of carbonyl (C=O) groups is 1. The number of amides is 1. The van der Waals surface area contributed by atoms with Gasteiger partial charge < -0.3 is 11.1 Å². The fourth-order valence-corrected chi connectivity index (χ4v) is 2.72. The zero-order chi connectivity index (χ0) is 14.2. The summed E-state index contributed by atoms with van der Waals surface area (Å²) >= 11 is 0. The molecule has 1 saturated carbocycles. The molecule has 104 valence electrons. The Hall–Kier alpha value is -1.65. The number of nitrogens with two attached hydrogens (primary N) is 1. The monoisotopic (exact) mass is 268 g/mol. The summed E-state index contributed by atoms with van der Waals surface area (Å²) in [6, 6.07) is 2.19. The molecular formula is C14H18F2N2O. The zero-order valence-electron chi connectivity index (χ0n) is 11.1. The van der Waals surface area contributed by atoms with E-state index in [1.165, 1.54) is 6.07 Å². The minimum atomic E-state index is -1.11. The van der Waals surface area contributed by atoms with Gasteiger partial charge in [-0.25, -0.2) is 8.78 Å². The second kappa shape index (κ2) is 4.79. The van der Waals surface area contributed by atoms with Crippen molar-refractivity contribution in [1.82, 2.24) is 0 Å². The fraction of sp³-hybridized carbons (Fsp3) is 0.500. The van der Waals surface area contributed by atoms with E-state index in [0.29, 0.717) is 0 Å². The smallest absolute Gasteiger partial charge is 0.228 e. The van der Waals surface area contributed by atoms with Crippen LogP contribution in [0.5, 0.6) is 0 Å². The summed E-state index contributed by atoms with van der Waals surface area (Å²) in [6.07, 6.45) is 2.67. The molecule has 0 bridgehead atoms. The highest BCUT2D eigenvalue weighted by molar-refractivity contribution is 5.96. The molecule has 3 N–H and O–H groups in total. The van der Waals surface area contributed by atoms with E-state index >= 15 is 0 Å². The molecule has 5 heteroatoms. The number of anilines is 2. The van der Waals surface area contributed by atoms with Crippen molar-refractivity contribution in [2.75, 3.05) is 11.1 Å². The molecule has 3 nitrogen and oxygen atoms in total. The molecule has 0 aromatic heterocycles. The molecular weight excluding hydrogens is 250 g/mol. The summed E-state index contributed by atoms with van der Waals surface area (Å²) in [6.45, 7) is 4.02. The lowest BCUT2D eigenvalue weighted by molar-refractivity contribution is -0.122. The lowest BCUT2D eigenvalue weighted by atomic mass is 9.81. The summed E-state index contributed by atoms with van der Waals surface area (Å²) in [5.41, 5.74) is 5.23. The van der Waals surface area contributed by atoms with Gasteiger partial charge in [-0.15, -0.1) is 0 Å². The van der Waals surface area contributed by atoms with Gasteiger partial charge in [0, 0.05) is 5.92 Å². The molecule has 2 rings (SSSR count). The van der Waals surface area contributed by atoms with Gasteiger partial charge in [0.15, 0.2) is 11.6 Å². The highest BCUT2D eigenvalue weighted by atomic mass is 19.2. The van der Waals surface area contributed by atoms with Crippen LogP contribution < -0.4 is 11.1 Å². The number of carbonyl (C=O) groups excluding carboxylic acids is 1. The highest BCUT2D eigenvalue weighted by Gasteiger charge is 2.39. The van der Waals surface area contributed by atoms with Crippen LogP contribution in [-0.4, -0.2) is 5.91 Å². The maximum absolute atomic E-state index is 13.6. The van der Waals surface area contributed by atoms with Gasteiger partial charge in [0.05, 0.1) is 5.69 Å². The van der Waals surface area contributed by atoms with E-state index in [0.717, 1.165) is 25.3 Å². The number of rotatable bonds is 2. The lowest BCUT2D eigenvalue weighted by Gasteiger charge is -2.26. The van der Waals surface area contributed by atoms with Gasteiger partial charge in [0.2, 0.25) is 5.91 Å². The molecule has 1 unspecified atom stereocenters. The van der Waals surface area contributed by atoms with Crippen molar-refractivity contribution in [2.24, 2.45) is 11.3 Å². The van der Waals surface area contributed by atoms with Crippen LogP contribution in [0.4, 0.5) is 20.2 Å². The number of hydrogen-bond donors (Lipinski definition) is 2. The minimum absolute atomic E-state index is 0.0306. The van der Waals surface area contributed by atoms with Crippen molar-refractivity contribution in [3.8, 4) is 0 Å². The predicted octanol–water partition coefficient (Wildman–Crippen LogP) is 3.31. The SMILES string of the molecule is CC1(C)CCCC1C(=O)Nc1c(N)ccc(F)c1F. The van der Waals surface area contributed by atoms with Crippen LogP contribution in [0.15, 0.2) is 12.1 Å². The molecule has 1 atom stereocenters.